The molecule has 0 radical (unpaired) electrons. The number of carbonyl (C=O) groups is 1. The summed E-state index contributed by atoms with van der Waals surface area (Å²) in [5.41, 5.74) is 2.36. The molecular weight excluding hydrogens is 200 g/mol. The minimum absolute atomic E-state index is 0.350. The van der Waals surface area contributed by atoms with E-state index in [0.29, 0.717) is 24.7 Å². The molecule has 0 spiro atoms. The van der Waals surface area contributed by atoms with Gasteiger partial charge in [0.2, 0.25) is 0 Å². The predicted molar refractivity (Wildman–Crippen MR) is 63.1 cm³/mol. The van der Waals surface area contributed by atoms with Gasteiger partial charge in [-0.1, -0.05) is 6.07 Å². The Morgan fingerprint density at radius 2 is 2.38 bits per heavy atom. The first-order valence-corrected chi connectivity index (χ1v) is 5.83. The van der Waals surface area contributed by atoms with Crippen LogP contribution in [0.5, 0.6) is 0 Å². The molecule has 0 N–H and O–H groups in total. The molecule has 2 heterocycles. The van der Waals surface area contributed by atoms with Gasteiger partial charge < -0.3 is 0 Å². The molecule has 1 unspecified atom stereocenters. The normalized spacial score (nSPS) is 22.4. The Balaban J connectivity index is 2.05. The molecule has 16 heavy (non-hydrogen) atoms. The van der Waals surface area contributed by atoms with Gasteiger partial charge in [0.25, 0.3) is 0 Å². The van der Waals surface area contributed by atoms with Crippen molar-refractivity contribution in [3.8, 4) is 0 Å². The highest BCUT2D eigenvalue weighted by atomic mass is 16.1. The topological polar surface area (TPSA) is 33.2 Å². The van der Waals surface area contributed by atoms with E-state index in [2.05, 4.69) is 29.8 Å². The second kappa shape index (κ2) is 4.74. The van der Waals surface area contributed by atoms with Crippen molar-refractivity contribution in [2.45, 2.75) is 39.3 Å². The molecule has 1 atom stereocenters. The van der Waals surface area contributed by atoms with E-state index < -0.39 is 0 Å². The van der Waals surface area contributed by atoms with Crippen LogP contribution >= 0.6 is 0 Å². The number of aromatic nitrogens is 1. The van der Waals surface area contributed by atoms with Crippen molar-refractivity contribution < 1.29 is 4.79 Å². The number of pyridine rings is 1. The Bertz CT molecular complexity index is 389. The smallest absolute Gasteiger partial charge is 0.135 e. The van der Waals surface area contributed by atoms with E-state index in [4.69, 9.17) is 0 Å². The zero-order valence-corrected chi connectivity index (χ0v) is 9.94. The Hall–Kier alpha value is -1.22. The van der Waals surface area contributed by atoms with E-state index in [0.717, 1.165) is 18.8 Å². The maximum Gasteiger partial charge on any atom is 0.135 e. The minimum Gasteiger partial charge on any atom is -0.300 e. The van der Waals surface area contributed by atoms with E-state index in [-0.39, 0.29) is 0 Å². The minimum atomic E-state index is 0.350. The van der Waals surface area contributed by atoms with Gasteiger partial charge in [0.15, 0.2) is 0 Å². The molecule has 3 heteroatoms. The first-order valence-electron chi connectivity index (χ1n) is 5.83. The van der Waals surface area contributed by atoms with Crippen LogP contribution in [0.25, 0.3) is 0 Å². The molecule has 2 rings (SSSR count). The van der Waals surface area contributed by atoms with Gasteiger partial charge in [-0.3, -0.25) is 14.7 Å². The van der Waals surface area contributed by atoms with Gasteiger partial charge in [-0.25, -0.2) is 0 Å². The first kappa shape index (κ1) is 11.3. The molecule has 86 valence electrons. The lowest BCUT2D eigenvalue weighted by Crippen LogP contribution is -2.40. The third-order valence-corrected chi connectivity index (χ3v) is 3.29. The van der Waals surface area contributed by atoms with Gasteiger partial charge in [-0.2, -0.15) is 0 Å². The molecule has 1 aromatic rings. The number of carbonyl (C=O) groups excluding carboxylic acids is 1. The maximum atomic E-state index is 11.3. The van der Waals surface area contributed by atoms with E-state index in [1.807, 2.05) is 12.3 Å². The fraction of sp³-hybridized carbons (Fsp3) is 0.538. The van der Waals surface area contributed by atoms with Crippen molar-refractivity contribution in [1.82, 2.24) is 9.88 Å². The molecule has 0 amide bonds. The molecule has 1 fully saturated rings. The van der Waals surface area contributed by atoms with Crippen LogP contribution in [0, 0.1) is 6.92 Å². The van der Waals surface area contributed by atoms with Crippen molar-refractivity contribution in [3.63, 3.8) is 0 Å². The van der Waals surface area contributed by atoms with Gasteiger partial charge in [-0.15, -0.1) is 0 Å². The fourth-order valence-corrected chi connectivity index (χ4v) is 2.16. The van der Waals surface area contributed by atoms with Crippen molar-refractivity contribution in [1.29, 1.82) is 0 Å². The van der Waals surface area contributed by atoms with Crippen LogP contribution in [-0.2, 0) is 11.3 Å². The Kier molecular flexibility index (Phi) is 3.34. The maximum absolute atomic E-state index is 11.3. The van der Waals surface area contributed by atoms with Crippen molar-refractivity contribution in [2.24, 2.45) is 0 Å². The number of piperidine rings is 1. The Morgan fingerprint density at radius 1 is 1.56 bits per heavy atom. The van der Waals surface area contributed by atoms with Crippen LogP contribution in [-0.4, -0.2) is 28.3 Å². The molecule has 3 nitrogen and oxygen atoms in total. The molecule has 0 aromatic carbocycles. The summed E-state index contributed by atoms with van der Waals surface area (Å²) in [6.45, 7) is 5.94. The van der Waals surface area contributed by atoms with Crippen molar-refractivity contribution in [3.05, 3.63) is 29.6 Å². The van der Waals surface area contributed by atoms with Crippen LogP contribution in [0.1, 0.15) is 31.0 Å². The lowest BCUT2D eigenvalue weighted by atomic mass is 10.0. The van der Waals surface area contributed by atoms with Gasteiger partial charge in [-0.05, 0) is 25.5 Å². The van der Waals surface area contributed by atoms with Crippen LogP contribution in [0.3, 0.4) is 0 Å². The number of rotatable bonds is 2. The Labute approximate surface area is 96.5 Å². The van der Waals surface area contributed by atoms with E-state index in [1.165, 1.54) is 5.56 Å². The average molecular weight is 218 g/mol. The molecular formula is C13H18N2O. The quantitative estimate of drug-likeness (QED) is 0.760. The largest absolute Gasteiger partial charge is 0.300 e. The third-order valence-electron chi connectivity index (χ3n) is 3.29. The predicted octanol–water partition coefficient (Wildman–Crippen LogP) is 1.94. The van der Waals surface area contributed by atoms with Crippen molar-refractivity contribution >= 4 is 5.78 Å². The van der Waals surface area contributed by atoms with E-state index >= 15 is 0 Å². The monoisotopic (exact) mass is 218 g/mol. The summed E-state index contributed by atoms with van der Waals surface area (Å²) >= 11 is 0. The first-order chi connectivity index (χ1) is 7.66. The number of likely N-dealkylation sites (tertiary alicyclic amines) is 1. The van der Waals surface area contributed by atoms with Crippen LogP contribution < -0.4 is 0 Å². The number of Topliss-reactive ketones (excluding diaryl/α,β-unsaturated/α-hetero) is 1. The number of nitrogens with zero attached hydrogens (tertiary/aromatic N) is 2. The highest BCUT2D eigenvalue weighted by Gasteiger charge is 2.23. The average Bonchev–Trinajstić information content (AvgIpc) is 2.25. The van der Waals surface area contributed by atoms with Gasteiger partial charge in [0, 0.05) is 38.2 Å². The summed E-state index contributed by atoms with van der Waals surface area (Å²) in [6, 6.07) is 4.40. The van der Waals surface area contributed by atoms with Crippen molar-refractivity contribution in [2.75, 3.05) is 6.54 Å². The second-order valence-electron chi connectivity index (χ2n) is 4.58. The molecule has 1 aliphatic heterocycles. The zero-order valence-electron chi connectivity index (χ0n) is 9.94. The lowest BCUT2D eigenvalue weighted by Gasteiger charge is -2.32. The molecule has 1 saturated heterocycles. The molecule has 0 bridgehead atoms. The lowest BCUT2D eigenvalue weighted by molar-refractivity contribution is -0.123. The number of hydrogen-bond donors (Lipinski definition) is 0. The van der Waals surface area contributed by atoms with Gasteiger partial charge >= 0.3 is 0 Å². The summed E-state index contributed by atoms with van der Waals surface area (Å²) < 4.78 is 0. The summed E-state index contributed by atoms with van der Waals surface area (Å²) in [4.78, 5) is 18.0. The fourth-order valence-electron chi connectivity index (χ4n) is 2.16. The number of hydrogen-bond acceptors (Lipinski definition) is 3. The third kappa shape index (κ3) is 2.47. The molecule has 1 aliphatic rings. The standard InChI is InChI=1S/C13H18N2O/c1-10-4-3-6-14-13(10)9-15-7-5-12(16)8-11(15)2/h3-4,6,11H,5,7-9H2,1-2H3. The van der Waals surface area contributed by atoms with Gasteiger partial charge in [0.1, 0.15) is 5.78 Å². The molecule has 1 aromatic heterocycles. The molecule has 0 saturated carbocycles. The molecule has 0 aliphatic carbocycles. The summed E-state index contributed by atoms with van der Waals surface area (Å²) in [6.07, 6.45) is 3.21. The summed E-state index contributed by atoms with van der Waals surface area (Å²) in [5.74, 6) is 0.390. The van der Waals surface area contributed by atoms with Crippen LogP contribution in [0.4, 0.5) is 0 Å². The highest BCUT2D eigenvalue weighted by molar-refractivity contribution is 5.79. The SMILES string of the molecule is Cc1cccnc1CN1CCC(=O)CC1C. The summed E-state index contributed by atoms with van der Waals surface area (Å²) in [7, 11) is 0. The zero-order chi connectivity index (χ0) is 11.5. The van der Waals surface area contributed by atoms with E-state index in [9.17, 15) is 4.79 Å². The van der Waals surface area contributed by atoms with E-state index in [1.54, 1.807) is 0 Å². The highest BCUT2D eigenvalue weighted by Crippen LogP contribution is 2.17. The second-order valence-corrected chi connectivity index (χ2v) is 4.58. The van der Waals surface area contributed by atoms with Crippen LogP contribution in [0.2, 0.25) is 0 Å². The Morgan fingerprint density at radius 3 is 3.06 bits per heavy atom. The van der Waals surface area contributed by atoms with Gasteiger partial charge in [0.05, 0.1) is 5.69 Å². The summed E-state index contributed by atoms with van der Waals surface area (Å²) in [5, 5.41) is 0. The van der Waals surface area contributed by atoms with Crippen LogP contribution in [0.15, 0.2) is 18.3 Å². The number of ketones is 1. The number of aryl methyl sites for hydroxylation is 1.